The number of carbonyl (C=O) groups is 2. The molecule has 0 aliphatic carbocycles. The second-order valence-electron chi connectivity index (χ2n) is 7.82. The first kappa shape index (κ1) is 22.1. The Labute approximate surface area is 189 Å². The quantitative estimate of drug-likeness (QED) is 0.348. The molecule has 0 radical (unpaired) electrons. The Morgan fingerprint density at radius 3 is 2.52 bits per heavy atom. The maximum absolute atomic E-state index is 13.2. The summed E-state index contributed by atoms with van der Waals surface area (Å²) in [6.07, 6.45) is 1.70. The maximum Gasteiger partial charge on any atom is 0.341 e. The largest absolute Gasteiger partial charge is 0.462 e. The topological polar surface area (TPSA) is 95.0 Å². The number of carbonyl (C=O) groups excluding carboxylic acids is 2. The number of hydrogen-bond donors (Lipinski definition) is 0. The first-order valence-electron chi connectivity index (χ1n) is 10.8. The number of esters is 1. The molecule has 33 heavy (non-hydrogen) atoms. The molecule has 3 aromatic heterocycles. The standard InChI is InChI=1S/C25H24N4O4/c1-4-33-25(32)19-15-18-22(26-20-12-8-9-13-28(20)24(18)31)29(16(2)3)23(19)27-21(30)14-17-10-6-5-7-11-17/h5-13,15-16H,4,14H2,1-3H3. The zero-order valence-electron chi connectivity index (χ0n) is 18.7. The molecular formula is C25H24N4O4. The van der Waals surface area contributed by atoms with Crippen molar-refractivity contribution in [2.75, 3.05) is 6.61 Å². The normalized spacial score (nSPS) is 11.9. The molecule has 0 saturated heterocycles. The van der Waals surface area contributed by atoms with Gasteiger partial charge in [-0.2, -0.15) is 4.99 Å². The number of benzene rings is 1. The van der Waals surface area contributed by atoms with E-state index in [1.54, 1.807) is 35.9 Å². The highest BCUT2D eigenvalue weighted by atomic mass is 16.5. The molecule has 8 nitrogen and oxygen atoms in total. The van der Waals surface area contributed by atoms with Gasteiger partial charge in [0.2, 0.25) is 0 Å². The lowest BCUT2D eigenvalue weighted by Gasteiger charge is -2.17. The number of aromatic nitrogens is 3. The number of ether oxygens (including phenoxy) is 1. The number of rotatable bonds is 5. The zero-order valence-corrected chi connectivity index (χ0v) is 18.7. The van der Waals surface area contributed by atoms with Crippen LogP contribution in [0.4, 0.5) is 0 Å². The van der Waals surface area contributed by atoms with Gasteiger partial charge in [-0.05, 0) is 44.5 Å². The summed E-state index contributed by atoms with van der Waals surface area (Å²) in [4.78, 5) is 48.0. The molecule has 0 fully saturated rings. The van der Waals surface area contributed by atoms with Crippen molar-refractivity contribution in [3.63, 3.8) is 0 Å². The molecule has 8 heteroatoms. The Kier molecular flexibility index (Phi) is 6.17. The van der Waals surface area contributed by atoms with Gasteiger partial charge in [-0.15, -0.1) is 0 Å². The third kappa shape index (κ3) is 4.32. The highest BCUT2D eigenvalue weighted by Gasteiger charge is 2.21. The van der Waals surface area contributed by atoms with Crippen LogP contribution in [0.1, 0.15) is 42.7 Å². The second-order valence-corrected chi connectivity index (χ2v) is 7.82. The first-order chi connectivity index (χ1) is 15.9. The number of pyridine rings is 2. The number of fused-ring (bicyclic) bond motifs is 2. The van der Waals surface area contributed by atoms with E-state index < -0.39 is 11.9 Å². The van der Waals surface area contributed by atoms with Crippen LogP contribution in [0.2, 0.25) is 0 Å². The maximum atomic E-state index is 13.2. The molecule has 0 N–H and O–H groups in total. The summed E-state index contributed by atoms with van der Waals surface area (Å²) in [5, 5.41) is 0.241. The van der Waals surface area contributed by atoms with Crippen molar-refractivity contribution >= 4 is 28.6 Å². The smallest absolute Gasteiger partial charge is 0.341 e. The molecule has 0 spiro atoms. The van der Waals surface area contributed by atoms with Gasteiger partial charge in [0, 0.05) is 12.2 Å². The molecular weight excluding hydrogens is 420 g/mol. The Morgan fingerprint density at radius 2 is 1.82 bits per heavy atom. The van der Waals surface area contributed by atoms with Crippen molar-refractivity contribution in [3.05, 3.63) is 87.8 Å². The molecule has 0 atom stereocenters. The molecule has 3 heterocycles. The van der Waals surface area contributed by atoms with Crippen LogP contribution >= 0.6 is 0 Å². The Balaban J connectivity index is 2.06. The van der Waals surface area contributed by atoms with E-state index >= 15 is 0 Å². The van der Waals surface area contributed by atoms with Crippen LogP contribution in [0, 0.1) is 0 Å². The zero-order chi connectivity index (χ0) is 23.5. The summed E-state index contributed by atoms with van der Waals surface area (Å²) in [6, 6.07) is 15.7. The van der Waals surface area contributed by atoms with Crippen molar-refractivity contribution in [2.24, 2.45) is 4.99 Å². The van der Waals surface area contributed by atoms with E-state index in [9.17, 15) is 14.4 Å². The Bertz CT molecular complexity index is 1480. The van der Waals surface area contributed by atoms with Crippen LogP contribution in [0.15, 0.2) is 70.6 Å². The van der Waals surface area contributed by atoms with Crippen molar-refractivity contribution in [1.29, 1.82) is 0 Å². The number of amides is 1. The van der Waals surface area contributed by atoms with Gasteiger partial charge in [0.25, 0.3) is 11.5 Å². The number of hydrogen-bond acceptors (Lipinski definition) is 5. The molecule has 4 rings (SSSR count). The van der Waals surface area contributed by atoms with E-state index in [2.05, 4.69) is 9.98 Å². The minimum Gasteiger partial charge on any atom is -0.462 e. The average Bonchev–Trinajstić information content (AvgIpc) is 2.79. The summed E-state index contributed by atoms with van der Waals surface area (Å²) in [5.41, 5.74) is 1.47. The van der Waals surface area contributed by atoms with E-state index in [-0.39, 0.29) is 41.1 Å². The lowest BCUT2D eigenvalue weighted by Crippen LogP contribution is -2.33. The fourth-order valence-corrected chi connectivity index (χ4v) is 3.73. The minimum absolute atomic E-state index is 0.0502. The van der Waals surface area contributed by atoms with Crippen molar-refractivity contribution in [2.45, 2.75) is 33.2 Å². The van der Waals surface area contributed by atoms with Crippen LogP contribution in [-0.4, -0.2) is 32.4 Å². The first-order valence-corrected chi connectivity index (χ1v) is 10.8. The molecule has 1 aromatic carbocycles. The molecule has 0 unspecified atom stereocenters. The van der Waals surface area contributed by atoms with Gasteiger partial charge in [-0.25, -0.2) is 9.78 Å². The predicted octanol–water partition coefficient (Wildman–Crippen LogP) is 3.08. The molecule has 0 saturated carbocycles. The van der Waals surface area contributed by atoms with E-state index in [1.165, 1.54) is 10.5 Å². The lowest BCUT2D eigenvalue weighted by molar-refractivity contribution is -0.117. The Morgan fingerprint density at radius 1 is 1.09 bits per heavy atom. The highest BCUT2D eigenvalue weighted by molar-refractivity contribution is 5.94. The SMILES string of the molecule is CCOC(=O)c1cc2c(=O)n3ccccc3nc2n(C(C)C)c1=NC(=O)Cc1ccccc1. The fourth-order valence-electron chi connectivity index (χ4n) is 3.73. The van der Waals surface area contributed by atoms with Gasteiger partial charge in [0.15, 0.2) is 5.49 Å². The summed E-state index contributed by atoms with van der Waals surface area (Å²) < 4.78 is 8.29. The van der Waals surface area contributed by atoms with Crippen molar-refractivity contribution in [1.82, 2.24) is 14.0 Å². The molecule has 0 aliphatic rings. The van der Waals surface area contributed by atoms with Gasteiger partial charge in [0.05, 0.1) is 18.4 Å². The predicted molar refractivity (Wildman–Crippen MR) is 124 cm³/mol. The molecule has 168 valence electrons. The van der Waals surface area contributed by atoms with Crippen LogP contribution in [0.5, 0.6) is 0 Å². The third-order valence-electron chi connectivity index (χ3n) is 5.18. The molecule has 1 amide bonds. The summed E-state index contributed by atoms with van der Waals surface area (Å²) in [7, 11) is 0. The molecule has 0 aliphatic heterocycles. The average molecular weight is 444 g/mol. The van der Waals surface area contributed by atoms with Crippen LogP contribution < -0.4 is 11.0 Å². The molecule has 0 bridgehead atoms. The summed E-state index contributed by atoms with van der Waals surface area (Å²) in [5.74, 6) is -1.07. The number of nitrogens with zero attached hydrogens (tertiary/aromatic N) is 4. The van der Waals surface area contributed by atoms with Crippen molar-refractivity contribution in [3.8, 4) is 0 Å². The summed E-state index contributed by atoms with van der Waals surface area (Å²) >= 11 is 0. The van der Waals surface area contributed by atoms with Crippen molar-refractivity contribution < 1.29 is 14.3 Å². The Hall–Kier alpha value is -4.07. The van der Waals surface area contributed by atoms with E-state index in [0.717, 1.165) is 5.56 Å². The van der Waals surface area contributed by atoms with Crippen LogP contribution in [0.25, 0.3) is 16.7 Å². The van der Waals surface area contributed by atoms with Gasteiger partial charge >= 0.3 is 5.97 Å². The van der Waals surface area contributed by atoms with Gasteiger partial charge in [-0.3, -0.25) is 14.0 Å². The lowest BCUT2D eigenvalue weighted by atomic mass is 10.1. The van der Waals surface area contributed by atoms with Gasteiger partial charge in [-0.1, -0.05) is 36.4 Å². The second kappa shape index (κ2) is 9.20. The van der Waals surface area contributed by atoms with E-state index in [1.807, 2.05) is 44.2 Å². The van der Waals surface area contributed by atoms with Crippen LogP contribution in [0.3, 0.4) is 0 Å². The fraction of sp³-hybridized carbons (Fsp3) is 0.240. The minimum atomic E-state index is -0.655. The van der Waals surface area contributed by atoms with E-state index in [4.69, 9.17) is 4.74 Å². The monoisotopic (exact) mass is 444 g/mol. The van der Waals surface area contributed by atoms with Gasteiger partial charge in [0.1, 0.15) is 16.9 Å². The highest BCUT2D eigenvalue weighted by Crippen LogP contribution is 2.15. The van der Waals surface area contributed by atoms with Crippen LogP contribution in [-0.2, 0) is 16.0 Å². The van der Waals surface area contributed by atoms with Gasteiger partial charge < -0.3 is 9.30 Å². The molecule has 4 aromatic rings. The summed E-state index contributed by atoms with van der Waals surface area (Å²) in [6.45, 7) is 5.59. The third-order valence-corrected chi connectivity index (χ3v) is 5.18. The van der Waals surface area contributed by atoms with E-state index in [0.29, 0.717) is 11.3 Å².